The topological polar surface area (TPSA) is 83.5 Å². The van der Waals surface area contributed by atoms with E-state index in [9.17, 15) is 22.7 Å². The summed E-state index contributed by atoms with van der Waals surface area (Å²) in [4.78, 5) is 12.9. The van der Waals surface area contributed by atoms with Gasteiger partial charge in [0, 0.05) is 23.4 Å². The Kier molecular flexibility index (Phi) is 6.72. The van der Waals surface area contributed by atoms with Crippen LogP contribution < -0.4 is 4.72 Å². The van der Waals surface area contributed by atoms with Gasteiger partial charge in [0.05, 0.1) is 10.5 Å². The van der Waals surface area contributed by atoms with E-state index in [1.54, 1.807) is 12.1 Å². The van der Waals surface area contributed by atoms with Crippen molar-refractivity contribution in [2.75, 3.05) is 0 Å². The highest BCUT2D eigenvalue weighted by molar-refractivity contribution is 7.89. The zero-order chi connectivity index (χ0) is 25.4. The van der Waals surface area contributed by atoms with Crippen LogP contribution in [0.2, 0.25) is 5.02 Å². The van der Waals surface area contributed by atoms with Crippen molar-refractivity contribution in [2.24, 2.45) is 5.92 Å². The van der Waals surface area contributed by atoms with Crippen molar-refractivity contribution >= 4 is 33.0 Å². The Bertz CT molecular complexity index is 1450. The fourth-order valence-corrected chi connectivity index (χ4v) is 6.61. The lowest BCUT2D eigenvalue weighted by Crippen LogP contribution is -2.39. The number of benzene rings is 3. The van der Waals surface area contributed by atoms with Gasteiger partial charge < -0.3 is 5.11 Å². The number of aliphatic hydroxyl groups excluding tert-OH is 1. The number of nitrogens with one attached hydrogen (secondary N) is 1. The minimum Gasteiger partial charge on any atom is -0.511 e. The zero-order valence-electron chi connectivity index (χ0n) is 19.4. The van der Waals surface area contributed by atoms with E-state index < -0.39 is 15.8 Å². The third-order valence-electron chi connectivity index (χ3n) is 6.98. The van der Waals surface area contributed by atoms with Gasteiger partial charge in [0.2, 0.25) is 10.0 Å². The van der Waals surface area contributed by atoms with Gasteiger partial charge in [-0.3, -0.25) is 4.79 Å². The first-order valence-corrected chi connectivity index (χ1v) is 13.7. The van der Waals surface area contributed by atoms with Crippen LogP contribution in [-0.2, 0) is 34.1 Å². The Hall–Kier alpha value is -3.00. The Morgan fingerprint density at radius 2 is 1.72 bits per heavy atom. The first-order chi connectivity index (χ1) is 17.2. The predicted molar refractivity (Wildman–Crippen MR) is 137 cm³/mol. The van der Waals surface area contributed by atoms with Gasteiger partial charge in [0.15, 0.2) is 5.78 Å². The molecule has 2 aliphatic carbocycles. The molecule has 0 radical (unpaired) electrons. The fourth-order valence-electron chi connectivity index (χ4n) is 5.21. The Labute approximate surface area is 214 Å². The molecule has 2 atom stereocenters. The summed E-state index contributed by atoms with van der Waals surface area (Å²) in [6, 6.07) is 17.4. The van der Waals surface area contributed by atoms with E-state index in [-0.39, 0.29) is 40.4 Å². The average Bonchev–Trinajstić information content (AvgIpc) is 3.12. The number of carbonyl (C=O) groups excluding carboxylic acids is 1. The van der Waals surface area contributed by atoms with E-state index in [1.807, 2.05) is 18.2 Å². The number of fused-ring (bicyclic) bond motifs is 1. The molecular formula is C28H25ClFNO4S. The molecule has 0 heterocycles. The maximum Gasteiger partial charge on any atom is 0.240 e. The van der Waals surface area contributed by atoms with Crippen LogP contribution in [-0.4, -0.2) is 25.3 Å². The van der Waals surface area contributed by atoms with Crippen LogP contribution in [0.5, 0.6) is 0 Å². The minimum absolute atomic E-state index is 0.0496. The predicted octanol–water partition coefficient (Wildman–Crippen LogP) is 5.42. The van der Waals surface area contributed by atoms with Gasteiger partial charge in [0.25, 0.3) is 0 Å². The molecule has 0 fully saturated rings. The third kappa shape index (κ3) is 4.96. The normalized spacial score (nSPS) is 20.0. The Morgan fingerprint density at radius 3 is 2.44 bits per heavy atom. The first kappa shape index (κ1) is 24.7. The van der Waals surface area contributed by atoms with Crippen molar-refractivity contribution in [1.29, 1.82) is 0 Å². The molecule has 2 N–H and O–H groups in total. The van der Waals surface area contributed by atoms with Crippen molar-refractivity contribution < 1.29 is 22.7 Å². The second-order valence-corrected chi connectivity index (χ2v) is 11.5. The van der Waals surface area contributed by atoms with E-state index in [0.29, 0.717) is 36.3 Å². The monoisotopic (exact) mass is 525 g/mol. The SMILES string of the molecule is O=C1CC(Cc2cccc3c2CCC(NS(=O)(=O)c2ccc(Cl)cc2)C3)C(O)=C1c1ccc(F)cc1. The van der Waals surface area contributed by atoms with E-state index in [0.717, 1.165) is 16.7 Å². The maximum absolute atomic E-state index is 13.3. The summed E-state index contributed by atoms with van der Waals surface area (Å²) in [7, 11) is -3.67. The molecule has 0 aromatic heterocycles. The van der Waals surface area contributed by atoms with Gasteiger partial charge >= 0.3 is 0 Å². The number of ketones is 1. The molecule has 0 amide bonds. The minimum atomic E-state index is -3.67. The van der Waals surface area contributed by atoms with Crippen LogP contribution in [0.1, 0.15) is 35.1 Å². The number of hydrogen-bond acceptors (Lipinski definition) is 4. The van der Waals surface area contributed by atoms with Crippen LogP contribution in [0.4, 0.5) is 4.39 Å². The van der Waals surface area contributed by atoms with Crippen molar-refractivity contribution in [1.82, 2.24) is 4.72 Å². The molecule has 0 spiro atoms. The molecule has 5 rings (SSSR count). The Morgan fingerprint density at radius 1 is 1.00 bits per heavy atom. The molecule has 0 saturated carbocycles. The quantitative estimate of drug-likeness (QED) is 0.450. The summed E-state index contributed by atoms with van der Waals surface area (Å²) < 4.78 is 41.7. The number of hydrogen-bond donors (Lipinski definition) is 2. The second-order valence-electron chi connectivity index (χ2n) is 9.37. The smallest absolute Gasteiger partial charge is 0.240 e. The van der Waals surface area contributed by atoms with Gasteiger partial charge in [0.1, 0.15) is 11.6 Å². The molecule has 2 aliphatic rings. The van der Waals surface area contributed by atoms with Gasteiger partial charge in [-0.05, 0) is 84.3 Å². The average molecular weight is 526 g/mol. The standard InChI is InChI=1S/C28H25ClFNO4S/c29-21-6-11-24(12-7-21)36(34,35)31-23-10-13-25-18(2-1-3-19(25)15-23)14-20-16-26(32)27(28(20)33)17-4-8-22(30)9-5-17/h1-9,11-12,20,23,31,33H,10,13-16H2. The van der Waals surface area contributed by atoms with Crippen molar-refractivity contribution in [3.63, 3.8) is 0 Å². The molecule has 0 bridgehead atoms. The highest BCUT2D eigenvalue weighted by Gasteiger charge is 2.34. The number of allylic oxidation sites excluding steroid dienone is 2. The largest absolute Gasteiger partial charge is 0.511 e. The first-order valence-electron chi connectivity index (χ1n) is 11.8. The van der Waals surface area contributed by atoms with E-state index in [4.69, 9.17) is 11.6 Å². The number of halogens is 2. The van der Waals surface area contributed by atoms with Crippen LogP contribution in [0.3, 0.4) is 0 Å². The zero-order valence-corrected chi connectivity index (χ0v) is 20.9. The Balaban J connectivity index is 1.33. The molecule has 186 valence electrons. The lowest BCUT2D eigenvalue weighted by atomic mass is 9.83. The van der Waals surface area contributed by atoms with Crippen LogP contribution in [0, 0.1) is 11.7 Å². The maximum atomic E-state index is 13.3. The molecule has 2 unspecified atom stereocenters. The molecule has 0 saturated heterocycles. The number of carbonyl (C=O) groups is 1. The van der Waals surface area contributed by atoms with Crippen molar-refractivity contribution in [3.05, 3.63) is 106 Å². The number of aliphatic hydroxyl groups is 1. The van der Waals surface area contributed by atoms with Gasteiger partial charge in [-0.15, -0.1) is 0 Å². The second kappa shape index (κ2) is 9.81. The summed E-state index contributed by atoms with van der Waals surface area (Å²) in [5.74, 6) is -0.838. The molecule has 5 nitrogen and oxygen atoms in total. The summed E-state index contributed by atoms with van der Waals surface area (Å²) in [5.41, 5.74) is 4.05. The highest BCUT2D eigenvalue weighted by Crippen LogP contribution is 2.37. The molecule has 8 heteroatoms. The lowest BCUT2D eigenvalue weighted by molar-refractivity contribution is -0.113. The summed E-state index contributed by atoms with van der Waals surface area (Å²) >= 11 is 5.88. The van der Waals surface area contributed by atoms with Crippen LogP contribution in [0.25, 0.3) is 5.57 Å². The lowest BCUT2D eigenvalue weighted by Gasteiger charge is -2.27. The van der Waals surface area contributed by atoms with Crippen LogP contribution in [0.15, 0.2) is 77.4 Å². The number of Topliss-reactive ketones (excluding diaryl/α,β-unsaturated/α-hetero) is 1. The van der Waals surface area contributed by atoms with Gasteiger partial charge in [-0.2, -0.15) is 0 Å². The number of sulfonamides is 1. The molecule has 3 aromatic carbocycles. The third-order valence-corrected chi connectivity index (χ3v) is 8.77. The van der Waals surface area contributed by atoms with E-state index in [1.165, 1.54) is 36.4 Å². The molecule has 0 aliphatic heterocycles. The van der Waals surface area contributed by atoms with Gasteiger partial charge in [-0.25, -0.2) is 17.5 Å². The van der Waals surface area contributed by atoms with Crippen molar-refractivity contribution in [3.8, 4) is 0 Å². The van der Waals surface area contributed by atoms with Gasteiger partial charge in [-0.1, -0.05) is 41.9 Å². The summed E-state index contributed by atoms with van der Waals surface area (Å²) in [5, 5.41) is 11.4. The van der Waals surface area contributed by atoms with Crippen molar-refractivity contribution in [2.45, 2.75) is 43.0 Å². The molecule has 36 heavy (non-hydrogen) atoms. The van der Waals surface area contributed by atoms with E-state index >= 15 is 0 Å². The summed E-state index contributed by atoms with van der Waals surface area (Å²) in [6.07, 6.45) is 2.60. The van der Waals surface area contributed by atoms with E-state index in [2.05, 4.69) is 4.72 Å². The molecule has 3 aromatic rings. The molecular weight excluding hydrogens is 501 g/mol. The highest BCUT2D eigenvalue weighted by atomic mass is 35.5. The summed E-state index contributed by atoms with van der Waals surface area (Å²) in [6.45, 7) is 0. The fraction of sp³-hybridized carbons (Fsp3) is 0.250. The number of rotatable bonds is 6. The van der Waals surface area contributed by atoms with Crippen LogP contribution >= 0.6 is 11.6 Å².